The van der Waals surface area contributed by atoms with Crippen molar-refractivity contribution in [2.24, 2.45) is 0 Å². The van der Waals surface area contributed by atoms with Crippen molar-refractivity contribution in [2.45, 2.75) is 18.9 Å². The Balaban J connectivity index is 2.43. The Morgan fingerprint density at radius 1 is 1.57 bits per heavy atom. The molecule has 1 fully saturated rings. The molecule has 1 N–H and O–H groups in total. The van der Waals surface area contributed by atoms with Crippen LogP contribution in [0.1, 0.15) is 12.8 Å². The molecule has 0 aromatic heterocycles. The summed E-state index contributed by atoms with van der Waals surface area (Å²) in [5.41, 5.74) is 0. The normalized spacial score (nSPS) is 22.9. The van der Waals surface area contributed by atoms with Gasteiger partial charge in [0.15, 0.2) is 0 Å². The van der Waals surface area contributed by atoms with E-state index in [-0.39, 0.29) is 5.91 Å². The summed E-state index contributed by atoms with van der Waals surface area (Å²) in [4.78, 5) is 15.8. The Morgan fingerprint density at radius 2 is 2.29 bits per heavy atom. The molecule has 1 rings (SSSR count). The molecular formula is C10H21N3O. The number of carbonyl (C=O) groups excluding carboxylic acids is 1. The molecule has 1 unspecified atom stereocenters. The molecule has 0 radical (unpaired) electrons. The highest BCUT2D eigenvalue weighted by Crippen LogP contribution is 2.13. The van der Waals surface area contributed by atoms with E-state index >= 15 is 0 Å². The SMILES string of the molecule is CNCC(=O)N1CCCC(N(C)C)C1. The van der Waals surface area contributed by atoms with Gasteiger partial charge in [-0.2, -0.15) is 0 Å². The number of piperidine rings is 1. The summed E-state index contributed by atoms with van der Waals surface area (Å²) in [6.07, 6.45) is 2.33. The van der Waals surface area contributed by atoms with E-state index < -0.39 is 0 Å². The molecule has 1 aliphatic heterocycles. The first-order valence-electron chi connectivity index (χ1n) is 5.24. The summed E-state index contributed by atoms with van der Waals surface area (Å²) >= 11 is 0. The fourth-order valence-corrected chi connectivity index (χ4v) is 1.87. The predicted molar refractivity (Wildman–Crippen MR) is 57.2 cm³/mol. The number of amides is 1. The van der Waals surface area contributed by atoms with Crippen LogP contribution in [-0.2, 0) is 4.79 Å². The molecule has 4 heteroatoms. The lowest BCUT2D eigenvalue weighted by Gasteiger charge is -2.36. The molecular weight excluding hydrogens is 178 g/mol. The Hall–Kier alpha value is -0.610. The molecule has 1 amide bonds. The van der Waals surface area contributed by atoms with Gasteiger partial charge in [0.1, 0.15) is 0 Å². The smallest absolute Gasteiger partial charge is 0.236 e. The van der Waals surface area contributed by atoms with Crippen molar-refractivity contribution in [1.82, 2.24) is 15.1 Å². The van der Waals surface area contributed by atoms with Gasteiger partial charge in [-0.1, -0.05) is 0 Å². The van der Waals surface area contributed by atoms with Crippen molar-refractivity contribution in [2.75, 3.05) is 40.8 Å². The predicted octanol–water partition coefficient (Wildman–Crippen LogP) is -0.242. The fraction of sp³-hybridized carbons (Fsp3) is 0.900. The van der Waals surface area contributed by atoms with Crippen LogP contribution in [0.2, 0.25) is 0 Å². The molecule has 0 bridgehead atoms. The average molecular weight is 199 g/mol. The highest BCUT2D eigenvalue weighted by atomic mass is 16.2. The van der Waals surface area contributed by atoms with Gasteiger partial charge < -0.3 is 15.1 Å². The Kier molecular flexibility index (Phi) is 4.35. The molecule has 0 spiro atoms. The summed E-state index contributed by atoms with van der Waals surface area (Å²) in [5, 5.41) is 2.90. The van der Waals surface area contributed by atoms with E-state index in [4.69, 9.17) is 0 Å². The van der Waals surface area contributed by atoms with Crippen LogP contribution in [0.15, 0.2) is 0 Å². The zero-order valence-electron chi connectivity index (χ0n) is 9.42. The molecule has 1 heterocycles. The fourth-order valence-electron chi connectivity index (χ4n) is 1.87. The second-order valence-electron chi connectivity index (χ2n) is 4.13. The second kappa shape index (κ2) is 5.32. The van der Waals surface area contributed by atoms with Gasteiger partial charge in [0.05, 0.1) is 6.54 Å². The molecule has 1 saturated heterocycles. The lowest BCUT2D eigenvalue weighted by molar-refractivity contribution is -0.132. The van der Waals surface area contributed by atoms with Crippen LogP contribution in [0.25, 0.3) is 0 Å². The number of likely N-dealkylation sites (N-methyl/N-ethyl adjacent to an activating group) is 2. The van der Waals surface area contributed by atoms with Crippen LogP contribution >= 0.6 is 0 Å². The molecule has 0 aromatic carbocycles. The van der Waals surface area contributed by atoms with Crippen LogP contribution in [0.5, 0.6) is 0 Å². The van der Waals surface area contributed by atoms with Crippen molar-refractivity contribution >= 4 is 5.91 Å². The van der Waals surface area contributed by atoms with Crippen LogP contribution < -0.4 is 5.32 Å². The first-order chi connectivity index (χ1) is 6.65. The van der Waals surface area contributed by atoms with Gasteiger partial charge in [0.2, 0.25) is 5.91 Å². The van der Waals surface area contributed by atoms with E-state index in [9.17, 15) is 4.79 Å². The number of nitrogens with one attached hydrogen (secondary N) is 1. The minimum Gasteiger partial charge on any atom is -0.340 e. The van der Waals surface area contributed by atoms with Crippen LogP contribution in [0.3, 0.4) is 0 Å². The number of hydrogen-bond acceptors (Lipinski definition) is 3. The van der Waals surface area contributed by atoms with E-state index in [2.05, 4.69) is 24.3 Å². The van der Waals surface area contributed by atoms with E-state index in [1.165, 1.54) is 6.42 Å². The highest BCUT2D eigenvalue weighted by Gasteiger charge is 2.23. The van der Waals surface area contributed by atoms with Crippen molar-refractivity contribution in [3.8, 4) is 0 Å². The molecule has 0 aliphatic carbocycles. The van der Waals surface area contributed by atoms with Gasteiger partial charge in [-0.3, -0.25) is 4.79 Å². The Morgan fingerprint density at radius 3 is 2.86 bits per heavy atom. The summed E-state index contributed by atoms with van der Waals surface area (Å²) < 4.78 is 0. The number of rotatable bonds is 3. The second-order valence-corrected chi connectivity index (χ2v) is 4.13. The topological polar surface area (TPSA) is 35.6 Å². The third kappa shape index (κ3) is 2.96. The molecule has 0 saturated carbocycles. The Labute approximate surface area is 86.2 Å². The first-order valence-corrected chi connectivity index (χ1v) is 5.24. The maximum atomic E-state index is 11.6. The maximum Gasteiger partial charge on any atom is 0.236 e. The standard InChI is InChI=1S/C10H21N3O/c1-11-7-10(14)13-6-4-5-9(8-13)12(2)3/h9,11H,4-8H2,1-3H3. The van der Waals surface area contributed by atoms with E-state index in [0.717, 1.165) is 19.5 Å². The van der Waals surface area contributed by atoms with Crippen molar-refractivity contribution in [3.63, 3.8) is 0 Å². The van der Waals surface area contributed by atoms with Gasteiger partial charge in [-0.25, -0.2) is 0 Å². The molecule has 82 valence electrons. The van der Waals surface area contributed by atoms with E-state index in [1.807, 2.05) is 11.9 Å². The highest BCUT2D eigenvalue weighted by molar-refractivity contribution is 5.78. The number of carbonyl (C=O) groups is 1. The molecule has 1 aliphatic rings. The molecule has 0 aromatic rings. The summed E-state index contributed by atoms with van der Waals surface area (Å²) in [7, 11) is 5.97. The van der Waals surface area contributed by atoms with Crippen molar-refractivity contribution in [1.29, 1.82) is 0 Å². The summed E-state index contributed by atoms with van der Waals surface area (Å²) in [6, 6.07) is 0.532. The largest absolute Gasteiger partial charge is 0.340 e. The maximum absolute atomic E-state index is 11.6. The van der Waals surface area contributed by atoms with Crippen LogP contribution in [0, 0.1) is 0 Å². The average Bonchev–Trinajstić information content (AvgIpc) is 2.18. The number of likely N-dealkylation sites (tertiary alicyclic amines) is 1. The van der Waals surface area contributed by atoms with Crippen molar-refractivity contribution in [3.05, 3.63) is 0 Å². The van der Waals surface area contributed by atoms with Crippen molar-refractivity contribution < 1.29 is 4.79 Å². The van der Waals surface area contributed by atoms with Crippen LogP contribution in [0.4, 0.5) is 0 Å². The first kappa shape index (κ1) is 11.5. The van der Waals surface area contributed by atoms with Gasteiger partial charge >= 0.3 is 0 Å². The third-order valence-corrected chi connectivity index (χ3v) is 2.81. The van der Waals surface area contributed by atoms with E-state index in [1.54, 1.807) is 0 Å². The quantitative estimate of drug-likeness (QED) is 0.681. The minimum atomic E-state index is 0.221. The van der Waals surface area contributed by atoms with E-state index in [0.29, 0.717) is 12.6 Å². The number of nitrogens with zero attached hydrogens (tertiary/aromatic N) is 2. The Bertz CT molecular complexity index is 194. The van der Waals surface area contributed by atoms with Gasteiger partial charge in [-0.15, -0.1) is 0 Å². The van der Waals surface area contributed by atoms with Gasteiger partial charge in [0, 0.05) is 19.1 Å². The zero-order chi connectivity index (χ0) is 10.6. The molecule has 1 atom stereocenters. The van der Waals surface area contributed by atoms with Gasteiger partial charge in [-0.05, 0) is 34.0 Å². The third-order valence-electron chi connectivity index (χ3n) is 2.81. The monoisotopic (exact) mass is 199 g/mol. The summed E-state index contributed by atoms with van der Waals surface area (Å²) in [6.45, 7) is 2.26. The number of hydrogen-bond donors (Lipinski definition) is 1. The lowest BCUT2D eigenvalue weighted by Crippen LogP contribution is -2.49. The minimum absolute atomic E-state index is 0.221. The molecule has 4 nitrogen and oxygen atoms in total. The lowest BCUT2D eigenvalue weighted by atomic mass is 10.0. The van der Waals surface area contributed by atoms with Crippen LogP contribution in [-0.4, -0.2) is 62.5 Å². The zero-order valence-corrected chi connectivity index (χ0v) is 9.42. The van der Waals surface area contributed by atoms with Gasteiger partial charge in [0.25, 0.3) is 0 Å². The molecule has 14 heavy (non-hydrogen) atoms. The summed E-state index contributed by atoms with van der Waals surface area (Å²) in [5.74, 6) is 0.221.